The minimum atomic E-state index is -0.817. The summed E-state index contributed by atoms with van der Waals surface area (Å²) in [6.45, 7) is 6.55. The first-order chi connectivity index (χ1) is 19.9. The molecule has 7 rings (SSSR count). The van der Waals surface area contributed by atoms with E-state index in [2.05, 4.69) is 52.9 Å². The van der Waals surface area contributed by atoms with Crippen LogP contribution in [-0.2, 0) is 13.0 Å². The van der Waals surface area contributed by atoms with Gasteiger partial charge in [-0.1, -0.05) is 42.8 Å². The zero-order chi connectivity index (χ0) is 28.2. The second-order valence-corrected chi connectivity index (χ2v) is 12.6. The molecular formula is C31H37ClN6O3. The fourth-order valence-corrected chi connectivity index (χ4v) is 7.80. The number of fused-ring (bicyclic) bond motifs is 4. The molecule has 9 nitrogen and oxygen atoms in total. The predicted octanol–water partition coefficient (Wildman–Crippen LogP) is 4.90. The van der Waals surface area contributed by atoms with Crippen molar-refractivity contribution in [1.29, 1.82) is 0 Å². The highest BCUT2D eigenvalue weighted by atomic mass is 35.5. The van der Waals surface area contributed by atoms with Crippen molar-refractivity contribution in [3.05, 3.63) is 52.7 Å². The maximum Gasteiger partial charge on any atom is 0.407 e. The maximum absolute atomic E-state index is 12.1. The summed E-state index contributed by atoms with van der Waals surface area (Å²) in [6, 6.07) is 13.1. The van der Waals surface area contributed by atoms with Gasteiger partial charge in [0.15, 0.2) is 0 Å². The molecule has 0 radical (unpaired) electrons. The Morgan fingerprint density at radius 3 is 2.71 bits per heavy atom. The molecule has 3 fully saturated rings. The average molecular weight is 577 g/mol. The number of likely N-dealkylation sites (tertiary alicyclic amines) is 1. The molecule has 0 spiro atoms. The molecule has 0 aliphatic carbocycles. The number of hydrogen-bond acceptors (Lipinski definition) is 7. The first-order valence-electron chi connectivity index (χ1n) is 14.8. The summed E-state index contributed by atoms with van der Waals surface area (Å²) >= 11 is 6.70. The summed E-state index contributed by atoms with van der Waals surface area (Å²) in [5.41, 5.74) is 3.23. The number of anilines is 2. The lowest BCUT2D eigenvalue weighted by Gasteiger charge is -2.42. The van der Waals surface area contributed by atoms with Crippen LogP contribution in [0.15, 0.2) is 36.4 Å². The van der Waals surface area contributed by atoms with Crippen LogP contribution in [0.4, 0.5) is 16.3 Å². The minimum Gasteiger partial charge on any atom is -0.465 e. The fraction of sp³-hybridized carbons (Fsp3) is 0.516. The fourth-order valence-electron chi connectivity index (χ4n) is 7.52. The van der Waals surface area contributed by atoms with E-state index in [0.717, 1.165) is 70.9 Å². The van der Waals surface area contributed by atoms with Gasteiger partial charge in [-0.15, -0.1) is 0 Å². The number of hydrogen-bond donors (Lipinski definition) is 1. The molecule has 1 N–H and O–H groups in total. The van der Waals surface area contributed by atoms with Crippen molar-refractivity contribution >= 4 is 40.0 Å². The Bertz CT molecular complexity index is 1480. The third-order valence-corrected chi connectivity index (χ3v) is 10.00. The van der Waals surface area contributed by atoms with Crippen molar-refractivity contribution in [2.24, 2.45) is 5.92 Å². The zero-order valence-electron chi connectivity index (χ0n) is 23.7. The molecule has 2 aromatic carbocycles. The first-order valence-corrected chi connectivity index (χ1v) is 15.2. The minimum absolute atomic E-state index is 0.0266. The summed E-state index contributed by atoms with van der Waals surface area (Å²) in [5.74, 6) is 1.23. The van der Waals surface area contributed by atoms with Gasteiger partial charge < -0.3 is 24.5 Å². The Kier molecular flexibility index (Phi) is 6.82. The highest BCUT2D eigenvalue weighted by Crippen LogP contribution is 2.40. The number of rotatable bonds is 5. The van der Waals surface area contributed by atoms with Gasteiger partial charge in [0.1, 0.15) is 12.4 Å². The first kappa shape index (κ1) is 26.6. The van der Waals surface area contributed by atoms with E-state index in [0.29, 0.717) is 44.2 Å². The van der Waals surface area contributed by atoms with E-state index in [-0.39, 0.29) is 12.1 Å². The van der Waals surface area contributed by atoms with Crippen molar-refractivity contribution in [3.8, 4) is 6.01 Å². The Balaban J connectivity index is 1.23. The van der Waals surface area contributed by atoms with E-state index in [1.54, 1.807) is 4.90 Å². The summed E-state index contributed by atoms with van der Waals surface area (Å²) in [5, 5.41) is 12.8. The van der Waals surface area contributed by atoms with Crippen LogP contribution in [0.5, 0.6) is 6.01 Å². The summed E-state index contributed by atoms with van der Waals surface area (Å²) < 4.78 is 6.30. The second-order valence-electron chi connectivity index (χ2n) is 12.2. The predicted molar refractivity (Wildman–Crippen MR) is 160 cm³/mol. The molecule has 5 heterocycles. The third kappa shape index (κ3) is 4.73. The van der Waals surface area contributed by atoms with Crippen molar-refractivity contribution in [2.75, 3.05) is 49.6 Å². The number of benzene rings is 2. The van der Waals surface area contributed by atoms with Gasteiger partial charge in [0.25, 0.3) is 0 Å². The molecule has 10 heteroatoms. The van der Waals surface area contributed by atoms with Gasteiger partial charge in [-0.05, 0) is 62.7 Å². The third-order valence-electron chi connectivity index (χ3n) is 9.68. The van der Waals surface area contributed by atoms with Gasteiger partial charge >= 0.3 is 12.1 Å². The smallest absolute Gasteiger partial charge is 0.407 e. The molecule has 1 unspecified atom stereocenters. The van der Waals surface area contributed by atoms with Crippen molar-refractivity contribution in [1.82, 2.24) is 19.8 Å². The van der Waals surface area contributed by atoms with Gasteiger partial charge in [-0.2, -0.15) is 9.97 Å². The molecule has 3 saturated heterocycles. The van der Waals surface area contributed by atoms with Crippen LogP contribution in [0.25, 0.3) is 10.8 Å². The van der Waals surface area contributed by atoms with Crippen molar-refractivity contribution < 1.29 is 14.6 Å². The number of carbonyl (C=O) groups is 1. The highest BCUT2D eigenvalue weighted by molar-refractivity contribution is 6.36. The number of likely N-dealkylation sites (N-methyl/N-ethyl adjacent to an activating group) is 1. The molecule has 0 saturated carbocycles. The second kappa shape index (κ2) is 10.5. The molecule has 41 heavy (non-hydrogen) atoms. The lowest BCUT2D eigenvalue weighted by molar-refractivity contribution is 0.110. The number of nitrogens with zero attached hydrogens (tertiary/aromatic N) is 6. The van der Waals surface area contributed by atoms with E-state index in [1.165, 1.54) is 6.42 Å². The number of carboxylic acid groups (broad SMARTS) is 1. The van der Waals surface area contributed by atoms with Crippen LogP contribution in [0.3, 0.4) is 0 Å². The highest BCUT2D eigenvalue weighted by Gasteiger charge is 2.47. The quantitative estimate of drug-likeness (QED) is 0.459. The lowest BCUT2D eigenvalue weighted by atomic mass is 10.0. The molecule has 216 valence electrons. The van der Waals surface area contributed by atoms with Gasteiger partial charge in [-0.3, -0.25) is 4.90 Å². The molecule has 4 aliphatic heterocycles. The topological polar surface area (TPSA) is 85.3 Å². The van der Waals surface area contributed by atoms with Crippen LogP contribution >= 0.6 is 11.6 Å². The SMILES string of the molecule is C[C@H]1C[C@@H]2CN(c3nc(OCC4CCCN4C)nc4c3CCN(c3cccc5cccc(Cl)c35)C4)C[C@H]1N2C(=O)O. The molecule has 1 amide bonds. The number of amides is 1. The van der Waals surface area contributed by atoms with Crippen LogP contribution in [0.2, 0.25) is 5.02 Å². The van der Waals surface area contributed by atoms with Crippen molar-refractivity contribution in [2.45, 2.75) is 57.3 Å². The normalized spacial score (nSPS) is 26.1. The Morgan fingerprint density at radius 2 is 1.95 bits per heavy atom. The molecule has 2 bridgehead atoms. The van der Waals surface area contributed by atoms with Gasteiger partial charge in [0, 0.05) is 42.3 Å². The number of piperazine rings is 1. The van der Waals surface area contributed by atoms with E-state index in [9.17, 15) is 9.90 Å². The van der Waals surface area contributed by atoms with Gasteiger partial charge in [0.2, 0.25) is 0 Å². The Labute approximate surface area is 245 Å². The van der Waals surface area contributed by atoms with E-state index in [4.69, 9.17) is 26.3 Å². The summed E-state index contributed by atoms with van der Waals surface area (Å²) in [7, 11) is 2.15. The van der Waals surface area contributed by atoms with Crippen molar-refractivity contribution in [3.63, 3.8) is 0 Å². The van der Waals surface area contributed by atoms with E-state index < -0.39 is 6.09 Å². The lowest BCUT2D eigenvalue weighted by Crippen LogP contribution is -2.56. The van der Waals surface area contributed by atoms with E-state index >= 15 is 0 Å². The molecule has 3 aromatic rings. The van der Waals surface area contributed by atoms with Crippen LogP contribution in [0, 0.1) is 5.92 Å². The van der Waals surface area contributed by atoms with Gasteiger partial charge in [0.05, 0.1) is 29.3 Å². The monoisotopic (exact) mass is 576 g/mol. The van der Waals surface area contributed by atoms with Gasteiger partial charge in [-0.25, -0.2) is 4.79 Å². The Morgan fingerprint density at radius 1 is 1.12 bits per heavy atom. The van der Waals surface area contributed by atoms with Crippen LogP contribution in [0.1, 0.15) is 37.4 Å². The van der Waals surface area contributed by atoms with Crippen LogP contribution in [-0.4, -0.2) is 88.9 Å². The number of ether oxygens (including phenoxy) is 1. The number of aromatic nitrogens is 2. The Hall–Kier alpha value is -3.30. The zero-order valence-corrected chi connectivity index (χ0v) is 24.4. The largest absolute Gasteiger partial charge is 0.465 e. The summed E-state index contributed by atoms with van der Waals surface area (Å²) in [4.78, 5) is 30.7. The molecular weight excluding hydrogens is 540 g/mol. The van der Waals surface area contributed by atoms with Crippen LogP contribution < -0.4 is 14.5 Å². The molecule has 4 aliphatic rings. The molecule has 1 aromatic heterocycles. The number of halogens is 1. The van der Waals surface area contributed by atoms with E-state index in [1.807, 2.05) is 12.1 Å². The molecule has 4 atom stereocenters. The average Bonchev–Trinajstić information content (AvgIpc) is 3.47. The standard InChI is InChI=1S/C31H37ClN6O3/c1-19-14-22-15-37(17-27(19)38(22)31(39)40)29-23-11-13-36(26-10-4-7-20-6-3-9-24(32)28(20)26)16-25(23)33-30(34-29)41-18-21-8-5-12-35(21)2/h3-4,6-7,9-10,19,21-22,27H,5,8,11-18H2,1-2H3,(H,39,40)/t19-,21?,22+,27+/m0/s1. The maximum atomic E-state index is 12.1. The summed E-state index contributed by atoms with van der Waals surface area (Å²) in [6.07, 6.45) is 3.15.